The molecule has 2 aliphatic rings. The fourth-order valence-electron chi connectivity index (χ4n) is 3.28. The van der Waals surface area contributed by atoms with Gasteiger partial charge < -0.3 is 19.1 Å². The number of para-hydroxylation sites is 2. The Hall–Kier alpha value is -2.16. The van der Waals surface area contributed by atoms with Crippen molar-refractivity contribution >= 4 is 12.2 Å². The predicted octanol–water partition coefficient (Wildman–Crippen LogP) is 0.985. The third-order valence-corrected chi connectivity index (χ3v) is 5.06. The minimum absolute atomic E-state index is 0.299. The molecular formula is C18H23N4O3S+. The quantitative estimate of drug-likeness (QED) is 0.624. The number of ether oxygens (including phenoxy) is 3. The van der Waals surface area contributed by atoms with Gasteiger partial charge in [-0.3, -0.25) is 4.57 Å². The maximum absolute atomic E-state index is 6.13. The Morgan fingerprint density at radius 1 is 1.27 bits per heavy atom. The smallest absolute Gasteiger partial charge is 0.203 e. The summed E-state index contributed by atoms with van der Waals surface area (Å²) in [4.78, 5) is 1.41. The highest BCUT2D eigenvalue weighted by molar-refractivity contribution is 7.71. The standard InChI is InChI=1S/C18H22N4O3S/c1-2-7-21-17(16-12-24-14-5-3-4-6-15(14)25-16)19-22(18(21)26)13-20-8-10-23-11-9-20/h2-6,16H,1,7-13H2/p+1/t16-/m0/s1. The number of morpholine rings is 1. The van der Waals surface area contributed by atoms with E-state index in [1.165, 1.54) is 4.90 Å². The molecule has 8 heteroatoms. The Bertz CT molecular complexity index is 841. The lowest BCUT2D eigenvalue weighted by atomic mass is 10.2. The van der Waals surface area contributed by atoms with Crippen LogP contribution in [0.3, 0.4) is 0 Å². The van der Waals surface area contributed by atoms with Crippen LogP contribution in [0.15, 0.2) is 36.9 Å². The first-order chi connectivity index (χ1) is 12.8. The van der Waals surface area contributed by atoms with Crippen molar-refractivity contribution in [2.24, 2.45) is 0 Å². The highest BCUT2D eigenvalue weighted by Gasteiger charge is 2.28. The van der Waals surface area contributed by atoms with E-state index in [0.717, 1.165) is 50.3 Å². The summed E-state index contributed by atoms with van der Waals surface area (Å²) in [5.41, 5.74) is 0. The zero-order valence-corrected chi connectivity index (χ0v) is 15.4. The van der Waals surface area contributed by atoms with Crippen LogP contribution in [0.1, 0.15) is 11.9 Å². The molecule has 0 aliphatic carbocycles. The largest absolute Gasteiger partial charge is 0.485 e. The number of hydrogen-bond acceptors (Lipinski definition) is 5. The van der Waals surface area contributed by atoms with E-state index in [1.807, 2.05) is 39.6 Å². The number of nitrogens with one attached hydrogen (secondary N) is 1. The summed E-state index contributed by atoms with van der Waals surface area (Å²) in [6, 6.07) is 7.67. The Labute approximate surface area is 157 Å². The molecule has 4 rings (SSSR count). The summed E-state index contributed by atoms with van der Waals surface area (Å²) < 4.78 is 22.0. The van der Waals surface area contributed by atoms with E-state index in [1.54, 1.807) is 0 Å². The van der Waals surface area contributed by atoms with Gasteiger partial charge in [0.15, 0.2) is 30.1 Å². The van der Waals surface area contributed by atoms with Crippen molar-refractivity contribution in [3.63, 3.8) is 0 Å². The zero-order valence-electron chi connectivity index (χ0n) is 14.6. The number of allylic oxidation sites excluding steroid dienone is 1. The highest BCUT2D eigenvalue weighted by atomic mass is 32.1. The van der Waals surface area contributed by atoms with E-state index in [2.05, 4.69) is 6.58 Å². The van der Waals surface area contributed by atoms with Crippen molar-refractivity contribution in [1.82, 2.24) is 14.3 Å². The Balaban J connectivity index is 1.61. The van der Waals surface area contributed by atoms with Crippen molar-refractivity contribution in [3.8, 4) is 11.5 Å². The SMILES string of the molecule is C=CCn1c([C@@H]2COc3ccccc3O2)nn(C[NH+]2CCOCC2)c1=S. The molecule has 2 aromatic rings. The van der Waals surface area contributed by atoms with E-state index in [0.29, 0.717) is 17.9 Å². The van der Waals surface area contributed by atoms with Crippen LogP contribution in [-0.2, 0) is 18.0 Å². The molecule has 0 bridgehead atoms. The molecule has 0 amide bonds. The van der Waals surface area contributed by atoms with E-state index < -0.39 is 0 Å². The molecule has 0 saturated carbocycles. The summed E-state index contributed by atoms with van der Waals surface area (Å²) in [5.74, 6) is 2.26. The van der Waals surface area contributed by atoms with Crippen LogP contribution < -0.4 is 14.4 Å². The molecule has 3 heterocycles. The monoisotopic (exact) mass is 375 g/mol. The lowest BCUT2D eigenvalue weighted by Gasteiger charge is -2.26. The normalized spacial score (nSPS) is 20.1. The van der Waals surface area contributed by atoms with Crippen molar-refractivity contribution in [2.45, 2.75) is 19.3 Å². The van der Waals surface area contributed by atoms with Crippen molar-refractivity contribution in [1.29, 1.82) is 0 Å². The topological polar surface area (TPSA) is 54.9 Å². The van der Waals surface area contributed by atoms with Gasteiger partial charge in [0.1, 0.15) is 19.7 Å². The number of hydrogen-bond donors (Lipinski definition) is 1. The lowest BCUT2D eigenvalue weighted by Crippen LogP contribution is -3.13. The average Bonchev–Trinajstić information content (AvgIpc) is 2.98. The second kappa shape index (κ2) is 7.61. The Morgan fingerprint density at radius 3 is 2.81 bits per heavy atom. The molecule has 1 aromatic heterocycles. The summed E-state index contributed by atoms with van der Waals surface area (Å²) >= 11 is 5.67. The van der Waals surface area contributed by atoms with Gasteiger partial charge in [-0.15, -0.1) is 11.7 Å². The maximum atomic E-state index is 6.13. The minimum atomic E-state index is -0.299. The van der Waals surface area contributed by atoms with Gasteiger partial charge in [0.2, 0.25) is 4.77 Å². The van der Waals surface area contributed by atoms with Gasteiger partial charge in [-0.1, -0.05) is 18.2 Å². The molecule has 1 aromatic carbocycles. The van der Waals surface area contributed by atoms with Crippen LogP contribution in [-0.4, -0.2) is 47.3 Å². The number of nitrogens with zero attached hydrogens (tertiary/aromatic N) is 3. The fraction of sp³-hybridized carbons (Fsp3) is 0.444. The van der Waals surface area contributed by atoms with Crippen LogP contribution >= 0.6 is 12.2 Å². The molecule has 1 saturated heterocycles. The van der Waals surface area contributed by atoms with E-state index in [-0.39, 0.29) is 6.10 Å². The first-order valence-electron chi connectivity index (χ1n) is 8.84. The highest BCUT2D eigenvalue weighted by Crippen LogP contribution is 2.35. The summed E-state index contributed by atoms with van der Waals surface area (Å²) in [5, 5.41) is 4.78. The molecule has 138 valence electrons. The lowest BCUT2D eigenvalue weighted by molar-refractivity contribution is -0.931. The second-order valence-electron chi connectivity index (χ2n) is 6.42. The van der Waals surface area contributed by atoms with Crippen LogP contribution in [0, 0.1) is 4.77 Å². The Kier molecular flexibility index (Phi) is 5.05. The number of benzene rings is 1. The molecular weight excluding hydrogens is 352 g/mol. The van der Waals surface area contributed by atoms with Crippen molar-refractivity contribution < 1.29 is 19.1 Å². The summed E-state index contributed by atoms with van der Waals surface area (Å²) in [7, 11) is 0. The average molecular weight is 375 g/mol. The minimum Gasteiger partial charge on any atom is -0.485 e. The Morgan fingerprint density at radius 2 is 2.04 bits per heavy atom. The number of rotatable bonds is 5. The maximum Gasteiger partial charge on any atom is 0.203 e. The van der Waals surface area contributed by atoms with Gasteiger partial charge in [-0.2, -0.15) is 4.68 Å². The van der Waals surface area contributed by atoms with Gasteiger partial charge in [-0.05, 0) is 24.4 Å². The van der Waals surface area contributed by atoms with Gasteiger partial charge in [0.25, 0.3) is 0 Å². The zero-order chi connectivity index (χ0) is 17.9. The molecule has 26 heavy (non-hydrogen) atoms. The molecule has 0 spiro atoms. The van der Waals surface area contributed by atoms with Gasteiger partial charge in [0, 0.05) is 6.54 Å². The van der Waals surface area contributed by atoms with E-state index in [9.17, 15) is 0 Å². The van der Waals surface area contributed by atoms with E-state index >= 15 is 0 Å². The number of quaternary nitrogens is 1. The molecule has 1 fully saturated rings. The summed E-state index contributed by atoms with van der Waals surface area (Å²) in [6.45, 7) is 9.04. The van der Waals surface area contributed by atoms with Crippen LogP contribution in [0.4, 0.5) is 0 Å². The molecule has 1 atom stereocenters. The number of aromatic nitrogens is 3. The van der Waals surface area contributed by atoms with E-state index in [4.69, 9.17) is 31.5 Å². The second-order valence-corrected chi connectivity index (χ2v) is 6.79. The van der Waals surface area contributed by atoms with Gasteiger partial charge in [-0.25, -0.2) is 0 Å². The molecule has 0 radical (unpaired) electrons. The third-order valence-electron chi connectivity index (χ3n) is 4.63. The first-order valence-corrected chi connectivity index (χ1v) is 9.25. The van der Waals surface area contributed by atoms with Crippen molar-refractivity contribution in [2.75, 3.05) is 32.9 Å². The van der Waals surface area contributed by atoms with Crippen LogP contribution in [0.2, 0.25) is 0 Å². The predicted molar refractivity (Wildman–Crippen MR) is 98.1 cm³/mol. The molecule has 2 aliphatic heterocycles. The molecule has 0 unspecified atom stereocenters. The van der Waals surface area contributed by atoms with Crippen molar-refractivity contribution in [3.05, 3.63) is 47.5 Å². The molecule has 1 N–H and O–H groups in total. The van der Waals surface area contributed by atoms with Crippen LogP contribution in [0.5, 0.6) is 11.5 Å². The summed E-state index contributed by atoms with van der Waals surface area (Å²) in [6.07, 6.45) is 1.53. The first kappa shape index (κ1) is 17.3. The third kappa shape index (κ3) is 3.40. The van der Waals surface area contributed by atoms with Gasteiger partial charge in [0.05, 0.1) is 13.2 Å². The fourth-order valence-corrected chi connectivity index (χ4v) is 3.55. The van der Waals surface area contributed by atoms with Crippen LogP contribution in [0.25, 0.3) is 0 Å². The number of fused-ring (bicyclic) bond motifs is 1. The molecule has 7 nitrogen and oxygen atoms in total. The van der Waals surface area contributed by atoms with Gasteiger partial charge >= 0.3 is 0 Å².